The number of para-hydroxylation sites is 1. The Bertz CT molecular complexity index is 763. The highest BCUT2D eigenvalue weighted by molar-refractivity contribution is 5.92. The third kappa shape index (κ3) is 4.07. The van der Waals surface area contributed by atoms with Crippen LogP contribution in [0.25, 0.3) is 0 Å². The molecule has 26 heavy (non-hydrogen) atoms. The Balaban J connectivity index is 1.43. The number of amides is 1. The van der Waals surface area contributed by atoms with E-state index in [1.165, 1.54) is 12.8 Å². The van der Waals surface area contributed by atoms with Crippen LogP contribution in [-0.2, 0) is 4.79 Å². The van der Waals surface area contributed by atoms with Crippen molar-refractivity contribution >= 4 is 11.6 Å². The fourth-order valence-electron chi connectivity index (χ4n) is 4.25. The molecule has 2 N–H and O–H groups in total. The fourth-order valence-corrected chi connectivity index (χ4v) is 4.25. The summed E-state index contributed by atoms with van der Waals surface area (Å²) in [4.78, 5) is 12.6. The first-order chi connectivity index (χ1) is 12.7. The predicted octanol–water partition coefficient (Wildman–Crippen LogP) is 4.65. The molecule has 2 fully saturated rings. The van der Waals surface area contributed by atoms with Crippen molar-refractivity contribution in [3.63, 3.8) is 0 Å². The molecule has 0 aliphatic carbocycles. The van der Waals surface area contributed by atoms with Crippen LogP contribution in [0.5, 0.6) is 11.5 Å². The maximum Gasteiger partial charge on any atom is 0.224 e. The van der Waals surface area contributed by atoms with Gasteiger partial charge in [0.1, 0.15) is 5.75 Å². The van der Waals surface area contributed by atoms with Crippen molar-refractivity contribution < 1.29 is 9.53 Å². The lowest BCUT2D eigenvalue weighted by molar-refractivity contribution is -0.117. The number of fused-ring (bicyclic) bond motifs is 2. The Morgan fingerprint density at radius 2 is 1.85 bits per heavy atom. The molecular weight excluding hydrogens is 324 g/mol. The van der Waals surface area contributed by atoms with Crippen LogP contribution in [0.4, 0.5) is 5.69 Å². The molecule has 1 amide bonds. The maximum atomic E-state index is 12.6. The summed E-state index contributed by atoms with van der Waals surface area (Å²) >= 11 is 0. The van der Waals surface area contributed by atoms with Gasteiger partial charge in [-0.2, -0.15) is 0 Å². The van der Waals surface area contributed by atoms with Gasteiger partial charge < -0.3 is 15.4 Å². The Morgan fingerprint density at radius 1 is 1.12 bits per heavy atom. The number of rotatable bonds is 5. The Kier molecular flexibility index (Phi) is 4.93. The SMILES string of the molecule is Cc1ccc(Oc2ccccc2)c(NC(=O)CC2CC3CCC(C2)N3)c1. The third-order valence-electron chi connectivity index (χ3n) is 5.42. The Hall–Kier alpha value is -2.33. The minimum atomic E-state index is 0.0832. The second-order valence-corrected chi connectivity index (χ2v) is 7.64. The molecule has 136 valence electrons. The Labute approximate surface area is 155 Å². The normalized spacial score (nSPS) is 24.3. The predicted molar refractivity (Wildman–Crippen MR) is 104 cm³/mol. The fraction of sp³-hybridized carbons (Fsp3) is 0.409. The second-order valence-electron chi connectivity index (χ2n) is 7.64. The molecule has 0 spiro atoms. The number of carbonyl (C=O) groups excluding carboxylic acids is 1. The van der Waals surface area contributed by atoms with Crippen molar-refractivity contribution in [2.24, 2.45) is 5.92 Å². The number of carbonyl (C=O) groups is 1. The van der Waals surface area contributed by atoms with Gasteiger partial charge in [0.25, 0.3) is 0 Å². The molecule has 2 unspecified atom stereocenters. The first-order valence-electron chi connectivity index (χ1n) is 9.55. The van der Waals surface area contributed by atoms with Crippen molar-refractivity contribution in [2.45, 2.75) is 51.1 Å². The maximum absolute atomic E-state index is 12.6. The summed E-state index contributed by atoms with van der Waals surface area (Å²) in [5.74, 6) is 2.01. The van der Waals surface area contributed by atoms with Crippen LogP contribution in [0.15, 0.2) is 48.5 Å². The lowest BCUT2D eigenvalue weighted by Crippen LogP contribution is -2.39. The van der Waals surface area contributed by atoms with Crippen molar-refractivity contribution in [1.29, 1.82) is 0 Å². The highest BCUT2D eigenvalue weighted by Crippen LogP contribution is 2.34. The van der Waals surface area contributed by atoms with E-state index in [4.69, 9.17) is 4.74 Å². The topological polar surface area (TPSA) is 50.4 Å². The summed E-state index contributed by atoms with van der Waals surface area (Å²) in [5.41, 5.74) is 1.84. The number of aryl methyl sites for hydroxylation is 1. The smallest absolute Gasteiger partial charge is 0.224 e. The molecule has 2 bridgehead atoms. The van der Waals surface area contributed by atoms with Crippen LogP contribution in [-0.4, -0.2) is 18.0 Å². The molecule has 2 heterocycles. The summed E-state index contributed by atoms with van der Waals surface area (Å²) in [6.45, 7) is 2.02. The van der Waals surface area contributed by atoms with E-state index in [2.05, 4.69) is 10.6 Å². The summed E-state index contributed by atoms with van der Waals surface area (Å²) in [5, 5.41) is 6.72. The molecule has 2 aliphatic heterocycles. The standard InChI is InChI=1S/C22H26N2O2/c1-15-7-10-21(26-19-5-3-2-4-6-19)20(11-15)24-22(25)14-16-12-17-8-9-18(13-16)23-17/h2-7,10-11,16-18,23H,8-9,12-14H2,1H3,(H,24,25). The van der Waals surface area contributed by atoms with Gasteiger partial charge in [0.15, 0.2) is 5.75 Å². The minimum absolute atomic E-state index is 0.0832. The monoisotopic (exact) mass is 350 g/mol. The summed E-state index contributed by atoms with van der Waals surface area (Å²) < 4.78 is 5.97. The Morgan fingerprint density at radius 3 is 2.58 bits per heavy atom. The second kappa shape index (κ2) is 7.50. The van der Waals surface area contributed by atoms with Gasteiger partial charge in [-0.1, -0.05) is 24.3 Å². The van der Waals surface area contributed by atoms with Crippen molar-refractivity contribution in [3.8, 4) is 11.5 Å². The van der Waals surface area contributed by atoms with Crippen molar-refractivity contribution in [3.05, 3.63) is 54.1 Å². The number of benzene rings is 2. The first kappa shape index (κ1) is 17.1. The molecule has 4 rings (SSSR count). The average molecular weight is 350 g/mol. The molecule has 2 atom stereocenters. The van der Waals surface area contributed by atoms with Gasteiger partial charge in [-0.25, -0.2) is 0 Å². The molecule has 2 aliphatic rings. The molecule has 0 aromatic heterocycles. The van der Waals surface area contributed by atoms with Crippen LogP contribution in [0.1, 0.15) is 37.7 Å². The zero-order chi connectivity index (χ0) is 17.9. The van der Waals surface area contributed by atoms with E-state index in [-0.39, 0.29) is 5.91 Å². The van der Waals surface area contributed by atoms with Crippen LogP contribution >= 0.6 is 0 Å². The lowest BCUT2D eigenvalue weighted by atomic mass is 9.89. The van der Waals surface area contributed by atoms with E-state index in [1.54, 1.807) is 0 Å². The van der Waals surface area contributed by atoms with Gasteiger partial charge in [-0.3, -0.25) is 4.79 Å². The molecule has 0 saturated carbocycles. The lowest BCUT2D eigenvalue weighted by Gasteiger charge is -2.28. The summed E-state index contributed by atoms with van der Waals surface area (Å²) in [6.07, 6.45) is 5.34. The zero-order valence-electron chi connectivity index (χ0n) is 15.2. The van der Waals surface area contributed by atoms with Gasteiger partial charge in [-0.15, -0.1) is 0 Å². The van der Waals surface area contributed by atoms with Crippen molar-refractivity contribution in [1.82, 2.24) is 5.32 Å². The molecule has 0 radical (unpaired) electrons. The van der Waals surface area contributed by atoms with Crippen molar-refractivity contribution in [2.75, 3.05) is 5.32 Å². The molecule has 2 aromatic rings. The highest BCUT2D eigenvalue weighted by atomic mass is 16.5. The quantitative estimate of drug-likeness (QED) is 0.825. The average Bonchev–Trinajstić information content (AvgIpc) is 2.96. The minimum Gasteiger partial charge on any atom is -0.455 e. The third-order valence-corrected chi connectivity index (χ3v) is 5.42. The van der Waals surface area contributed by atoms with E-state index < -0.39 is 0 Å². The summed E-state index contributed by atoms with van der Waals surface area (Å²) in [6, 6.07) is 16.8. The van der Waals surface area contributed by atoms with Crippen LogP contribution < -0.4 is 15.4 Å². The number of anilines is 1. The van der Waals surface area contributed by atoms with E-state index in [0.717, 1.165) is 29.8 Å². The van der Waals surface area contributed by atoms with Gasteiger partial charge in [-0.05, 0) is 68.4 Å². The van der Waals surface area contributed by atoms with E-state index in [0.29, 0.717) is 30.2 Å². The number of nitrogens with one attached hydrogen (secondary N) is 2. The van der Waals surface area contributed by atoms with Gasteiger partial charge in [0.2, 0.25) is 5.91 Å². The number of piperidine rings is 1. The zero-order valence-corrected chi connectivity index (χ0v) is 15.2. The number of hydrogen-bond donors (Lipinski definition) is 2. The van der Waals surface area contributed by atoms with E-state index >= 15 is 0 Å². The van der Waals surface area contributed by atoms with Gasteiger partial charge in [0.05, 0.1) is 5.69 Å². The summed E-state index contributed by atoms with van der Waals surface area (Å²) in [7, 11) is 0. The molecule has 4 heteroatoms. The van der Waals surface area contributed by atoms with Crippen LogP contribution in [0.2, 0.25) is 0 Å². The first-order valence-corrected chi connectivity index (χ1v) is 9.55. The van der Waals surface area contributed by atoms with E-state index in [9.17, 15) is 4.79 Å². The molecular formula is C22H26N2O2. The molecule has 4 nitrogen and oxygen atoms in total. The van der Waals surface area contributed by atoms with Crippen LogP contribution in [0.3, 0.4) is 0 Å². The molecule has 2 aromatic carbocycles. The highest BCUT2D eigenvalue weighted by Gasteiger charge is 2.34. The van der Waals surface area contributed by atoms with Gasteiger partial charge in [0, 0.05) is 18.5 Å². The van der Waals surface area contributed by atoms with Crippen LogP contribution in [0, 0.1) is 12.8 Å². The van der Waals surface area contributed by atoms with Gasteiger partial charge >= 0.3 is 0 Å². The number of ether oxygens (including phenoxy) is 1. The van der Waals surface area contributed by atoms with E-state index in [1.807, 2.05) is 55.5 Å². The molecule has 2 saturated heterocycles. The largest absolute Gasteiger partial charge is 0.455 e. The number of hydrogen-bond acceptors (Lipinski definition) is 3.